The molecule has 0 saturated heterocycles. The van der Waals surface area contributed by atoms with Gasteiger partial charge in [0, 0.05) is 6.61 Å². The van der Waals surface area contributed by atoms with Crippen molar-refractivity contribution in [1.29, 1.82) is 0 Å². The molecule has 4 nitrogen and oxygen atoms in total. The number of benzene rings is 3. The lowest BCUT2D eigenvalue weighted by atomic mass is 9.80. The Bertz CT molecular complexity index is 829. The molecule has 0 fully saturated rings. The average molecular weight is 406 g/mol. The second-order valence-electron chi connectivity index (χ2n) is 7.20. The molecule has 0 heterocycles. The van der Waals surface area contributed by atoms with Gasteiger partial charge in [0.2, 0.25) is 0 Å². The Morgan fingerprint density at radius 3 is 1.60 bits per heavy atom. The number of rotatable bonds is 11. The van der Waals surface area contributed by atoms with Crippen molar-refractivity contribution < 1.29 is 14.2 Å². The van der Waals surface area contributed by atoms with Crippen LogP contribution in [-0.2, 0) is 10.3 Å². The number of hydrogen-bond acceptors (Lipinski definition) is 4. The van der Waals surface area contributed by atoms with Gasteiger partial charge in [-0.25, -0.2) is 0 Å². The predicted molar refractivity (Wildman–Crippen MR) is 121 cm³/mol. The summed E-state index contributed by atoms with van der Waals surface area (Å²) in [6.45, 7) is 1.34. The highest BCUT2D eigenvalue weighted by Crippen LogP contribution is 2.41. The second kappa shape index (κ2) is 10.8. The van der Waals surface area contributed by atoms with Crippen molar-refractivity contribution in [3.8, 4) is 11.5 Å². The van der Waals surface area contributed by atoms with E-state index in [2.05, 4.69) is 48.5 Å². The molecule has 0 atom stereocenters. The molecule has 0 aromatic heterocycles. The fourth-order valence-electron chi connectivity index (χ4n) is 3.72. The summed E-state index contributed by atoms with van der Waals surface area (Å²) in [4.78, 5) is 0. The maximum absolute atomic E-state index is 6.76. The number of ether oxygens (including phenoxy) is 3. The highest BCUT2D eigenvalue weighted by Gasteiger charge is 2.37. The third-order valence-corrected chi connectivity index (χ3v) is 5.34. The lowest BCUT2D eigenvalue weighted by Gasteiger charge is -2.36. The van der Waals surface area contributed by atoms with Crippen LogP contribution in [0.15, 0.2) is 78.9 Å². The van der Waals surface area contributed by atoms with E-state index in [1.54, 1.807) is 14.2 Å². The highest BCUT2D eigenvalue weighted by atomic mass is 16.5. The lowest BCUT2D eigenvalue weighted by Crippen LogP contribution is -2.33. The van der Waals surface area contributed by atoms with Crippen LogP contribution >= 0.6 is 0 Å². The zero-order valence-corrected chi connectivity index (χ0v) is 17.8. The van der Waals surface area contributed by atoms with E-state index in [0.29, 0.717) is 13.2 Å². The summed E-state index contributed by atoms with van der Waals surface area (Å²) in [6.07, 6.45) is 3.01. The smallest absolute Gasteiger partial charge is 0.143 e. The Hall–Kier alpha value is -2.82. The minimum Gasteiger partial charge on any atom is -0.497 e. The standard InChI is InChI=1S/C26H31NO3/c1-28-24-15-11-22(12-16-24)26(21-9-5-3-6-10-21,30-20-8-4-7-19-27)23-13-17-25(29-2)18-14-23/h3,5-6,9-18H,4,7-8,19-20,27H2,1-2H3. The van der Waals surface area contributed by atoms with Gasteiger partial charge < -0.3 is 19.9 Å². The molecule has 0 aliphatic heterocycles. The first kappa shape index (κ1) is 21.9. The normalized spacial score (nSPS) is 11.3. The third-order valence-electron chi connectivity index (χ3n) is 5.34. The molecule has 158 valence electrons. The van der Waals surface area contributed by atoms with Gasteiger partial charge in [-0.15, -0.1) is 0 Å². The van der Waals surface area contributed by atoms with Gasteiger partial charge in [-0.1, -0.05) is 54.6 Å². The molecule has 4 heteroatoms. The Balaban J connectivity index is 2.10. The van der Waals surface area contributed by atoms with Crippen LogP contribution < -0.4 is 15.2 Å². The van der Waals surface area contributed by atoms with E-state index in [0.717, 1.165) is 47.5 Å². The van der Waals surface area contributed by atoms with E-state index in [1.165, 1.54) is 0 Å². The van der Waals surface area contributed by atoms with Gasteiger partial charge in [0.25, 0.3) is 0 Å². The van der Waals surface area contributed by atoms with Gasteiger partial charge in [-0.2, -0.15) is 0 Å². The van der Waals surface area contributed by atoms with Crippen molar-refractivity contribution in [3.05, 3.63) is 95.6 Å². The summed E-state index contributed by atoms with van der Waals surface area (Å²) >= 11 is 0. The van der Waals surface area contributed by atoms with Crippen molar-refractivity contribution in [2.75, 3.05) is 27.4 Å². The Morgan fingerprint density at radius 1 is 0.633 bits per heavy atom. The van der Waals surface area contributed by atoms with E-state index >= 15 is 0 Å². The molecular weight excluding hydrogens is 374 g/mol. The van der Waals surface area contributed by atoms with Gasteiger partial charge in [0.1, 0.15) is 17.1 Å². The Morgan fingerprint density at radius 2 is 1.13 bits per heavy atom. The Labute approximate surface area is 179 Å². The quantitative estimate of drug-likeness (QED) is 0.354. The number of methoxy groups -OCH3 is 2. The van der Waals surface area contributed by atoms with Crippen molar-refractivity contribution >= 4 is 0 Å². The lowest BCUT2D eigenvalue weighted by molar-refractivity contribution is 0.0107. The summed E-state index contributed by atoms with van der Waals surface area (Å²) in [5, 5.41) is 0. The maximum atomic E-state index is 6.76. The highest BCUT2D eigenvalue weighted by molar-refractivity contribution is 5.49. The molecule has 0 aliphatic rings. The van der Waals surface area contributed by atoms with E-state index < -0.39 is 5.60 Å². The topological polar surface area (TPSA) is 53.7 Å². The Kier molecular flexibility index (Phi) is 7.89. The molecular formula is C26H31NO3. The van der Waals surface area contributed by atoms with E-state index in [9.17, 15) is 0 Å². The molecule has 0 aliphatic carbocycles. The minimum atomic E-state index is -0.734. The van der Waals surface area contributed by atoms with E-state index in [4.69, 9.17) is 19.9 Å². The fourth-order valence-corrected chi connectivity index (χ4v) is 3.72. The predicted octanol–water partition coefficient (Wildman–Crippen LogP) is 5.14. The van der Waals surface area contributed by atoms with Crippen molar-refractivity contribution in [2.45, 2.75) is 24.9 Å². The van der Waals surface area contributed by atoms with Crippen molar-refractivity contribution in [1.82, 2.24) is 0 Å². The van der Waals surface area contributed by atoms with Gasteiger partial charge in [0.15, 0.2) is 0 Å². The largest absolute Gasteiger partial charge is 0.497 e. The van der Waals surface area contributed by atoms with Crippen LogP contribution in [0.2, 0.25) is 0 Å². The van der Waals surface area contributed by atoms with Crippen LogP contribution in [0.4, 0.5) is 0 Å². The van der Waals surface area contributed by atoms with Gasteiger partial charge in [-0.3, -0.25) is 0 Å². The molecule has 2 N–H and O–H groups in total. The average Bonchev–Trinajstić information content (AvgIpc) is 2.82. The molecule has 0 saturated carbocycles. The number of hydrogen-bond donors (Lipinski definition) is 1. The van der Waals surface area contributed by atoms with Crippen LogP contribution in [0.3, 0.4) is 0 Å². The van der Waals surface area contributed by atoms with Crippen LogP contribution in [0.25, 0.3) is 0 Å². The van der Waals surface area contributed by atoms with Crippen molar-refractivity contribution in [3.63, 3.8) is 0 Å². The molecule has 0 bridgehead atoms. The summed E-state index contributed by atoms with van der Waals surface area (Å²) in [5.74, 6) is 1.64. The maximum Gasteiger partial charge on any atom is 0.143 e. The van der Waals surface area contributed by atoms with Crippen LogP contribution in [0.1, 0.15) is 36.0 Å². The van der Waals surface area contributed by atoms with Gasteiger partial charge in [0.05, 0.1) is 14.2 Å². The van der Waals surface area contributed by atoms with Crippen LogP contribution in [0.5, 0.6) is 11.5 Å². The first-order valence-corrected chi connectivity index (χ1v) is 10.4. The monoisotopic (exact) mass is 405 g/mol. The van der Waals surface area contributed by atoms with Crippen molar-refractivity contribution in [2.24, 2.45) is 5.73 Å². The second-order valence-corrected chi connectivity index (χ2v) is 7.20. The first-order chi connectivity index (χ1) is 14.7. The third kappa shape index (κ3) is 4.84. The summed E-state index contributed by atoms with van der Waals surface area (Å²) in [6, 6.07) is 26.6. The fraction of sp³-hybridized carbons (Fsp3) is 0.308. The van der Waals surface area contributed by atoms with E-state index in [-0.39, 0.29) is 0 Å². The summed E-state index contributed by atoms with van der Waals surface area (Å²) < 4.78 is 17.5. The molecule has 3 aromatic rings. The van der Waals surface area contributed by atoms with Gasteiger partial charge in [-0.05, 0) is 66.8 Å². The minimum absolute atomic E-state index is 0.632. The molecule has 30 heavy (non-hydrogen) atoms. The molecule has 0 radical (unpaired) electrons. The molecule has 0 unspecified atom stereocenters. The molecule has 0 amide bonds. The summed E-state index contributed by atoms with van der Waals surface area (Å²) in [7, 11) is 3.35. The van der Waals surface area contributed by atoms with Crippen LogP contribution in [0, 0.1) is 0 Å². The first-order valence-electron chi connectivity index (χ1n) is 10.4. The molecule has 0 spiro atoms. The SMILES string of the molecule is COc1ccc(C(OCCCCCN)(c2ccccc2)c2ccc(OC)cc2)cc1. The zero-order chi connectivity index (χ0) is 21.2. The summed E-state index contributed by atoms with van der Waals surface area (Å²) in [5.41, 5.74) is 8.12. The molecule has 3 aromatic carbocycles. The zero-order valence-electron chi connectivity index (χ0n) is 17.8. The van der Waals surface area contributed by atoms with Crippen LogP contribution in [-0.4, -0.2) is 27.4 Å². The number of nitrogens with two attached hydrogens (primary N) is 1. The molecule has 3 rings (SSSR count). The van der Waals surface area contributed by atoms with E-state index in [1.807, 2.05) is 30.3 Å². The number of unbranched alkanes of at least 4 members (excludes halogenated alkanes) is 2. The van der Waals surface area contributed by atoms with Gasteiger partial charge >= 0.3 is 0 Å².